The molecule has 2 heteroatoms. The van der Waals surface area contributed by atoms with Crippen LogP contribution in [0.2, 0.25) is 0 Å². The molecule has 1 aliphatic rings. The van der Waals surface area contributed by atoms with Gasteiger partial charge in [0.25, 0.3) is 0 Å². The fraction of sp³-hybridized carbons (Fsp3) is 0.111. The lowest BCUT2D eigenvalue weighted by molar-refractivity contribution is 1.26. The van der Waals surface area contributed by atoms with Crippen LogP contribution in [0.1, 0.15) is 22.3 Å². The van der Waals surface area contributed by atoms with Crippen molar-refractivity contribution in [1.29, 1.82) is 0 Å². The summed E-state index contributed by atoms with van der Waals surface area (Å²) in [6, 6.07) is 30.4. The van der Waals surface area contributed by atoms with Crippen LogP contribution in [0.25, 0.3) is 11.1 Å². The molecule has 29 heavy (non-hydrogen) atoms. The zero-order valence-corrected chi connectivity index (χ0v) is 16.8. The van der Waals surface area contributed by atoms with E-state index in [4.69, 9.17) is 0 Å². The van der Waals surface area contributed by atoms with Crippen molar-refractivity contribution in [3.8, 4) is 11.1 Å². The second-order valence-electron chi connectivity index (χ2n) is 7.90. The first-order valence-corrected chi connectivity index (χ1v) is 10.1. The Morgan fingerprint density at radius 3 is 1.28 bits per heavy atom. The van der Waals surface area contributed by atoms with Gasteiger partial charge in [-0.25, -0.2) is 0 Å². The first-order chi connectivity index (χ1) is 14.1. The Hall–Kier alpha value is -3.52. The minimum Gasteiger partial charge on any atom is -0.356 e. The normalized spacial score (nSPS) is 11.7. The molecule has 0 heterocycles. The van der Waals surface area contributed by atoms with Crippen molar-refractivity contribution >= 4 is 22.7 Å². The molecule has 4 aromatic carbocycles. The van der Waals surface area contributed by atoms with Crippen molar-refractivity contribution in [2.45, 2.75) is 20.3 Å². The summed E-state index contributed by atoms with van der Waals surface area (Å²) in [7, 11) is 0. The minimum absolute atomic E-state index is 0.970. The summed E-state index contributed by atoms with van der Waals surface area (Å²) in [5.41, 5.74) is 12.5. The zero-order chi connectivity index (χ0) is 19.8. The highest BCUT2D eigenvalue weighted by Crippen LogP contribution is 2.39. The maximum atomic E-state index is 3.52. The molecular formula is C27H24N2. The van der Waals surface area contributed by atoms with E-state index < -0.39 is 0 Å². The van der Waals surface area contributed by atoms with Gasteiger partial charge in [-0.2, -0.15) is 0 Å². The highest BCUT2D eigenvalue weighted by atomic mass is 14.9. The molecule has 0 fully saturated rings. The van der Waals surface area contributed by atoms with Crippen LogP contribution in [-0.4, -0.2) is 0 Å². The van der Waals surface area contributed by atoms with Gasteiger partial charge in [0.15, 0.2) is 0 Å². The Morgan fingerprint density at radius 2 is 0.862 bits per heavy atom. The third-order valence-electron chi connectivity index (χ3n) is 5.56. The molecule has 0 aromatic heterocycles. The first kappa shape index (κ1) is 17.6. The van der Waals surface area contributed by atoms with Crippen molar-refractivity contribution in [2.24, 2.45) is 0 Å². The van der Waals surface area contributed by atoms with Crippen LogP contribution in [0, 0.1) is 13.8 Å². The molecule has 0 unspecified atom stereocenters. The standard InChI is InChI=1S/C27H24N2/c1-18-3-7-22(8-4-18)28-24-11-13-26-20(16-24)15-21-17-25(12-14-27(21)26)29-23-9-5-19(2)6-10-23/h3-14,16-17,28-29H,15H2,1-2H3. The van der Waals surface area contributed by atoms with Crippen molar-refractivity contribution in [1.82, 2.24) is 0 Å². The fourth-order valence-electron chi connectivity index (χ4n) is 3.97. The monoisotopic (exact) mass is 376 g/mol. The molecule has 0 radical (unpaired) electrons. The maximum Gasteiger partial charge on any atom is 0.0387 e. The zero-order valence-electron chi connectivity index (χ0n) is 16.8. The van der Waals surface area contributed by atoms with Gasteiger partial charge in [0.05, 0.1) is 0 Å². The maximum absolute atomic E-state index is 3.52. The number of nitrogens with one attached hydrogen (secondary N) is 2. The van der Waals surface area contributed by atoms with E-state index in [1.165, 1.54) is 33.4 Å². The average Bonchev–Trinajstić information content (AvgIpc) is 3.08. The number of fused-ring (bicyclic) bond motifs is 3. The molecule has 0 aliphatic heterocycles. The van der Waals surface area contributed by atoms with Crippen LogP contribution in [0.4, 0.5) is 22.7 Å². The van der Waals surface area contributed by atoms with E-state index in [9.17, 15) is 0 Å². The van der Waals surface area contributed by atoms with Crippen LogP contribution < -0.4 is 10.6 Å². The predicted octanol–water partition coefficient (Wildman–Crippen LogP) is 7.36. The minimum atomic E-state index is 0.970. The molecule has 2 nitrogen and oxygen atoms in total. The van der Waals surface area contributed by atoms with Crippen LogP contribution in [0.15, 0.2) is 84.9 Å². The second-order valence-corrected chi connectivity index (χ2v) is 7.90. The first-order valence-electron chi connectivity index (χ1n) is 10.1. The Labute approximate surface area is 172 Å². The van der Waals surface area contributed by atoms with Crippen molar-refractivity contribution in [3.05, 3.63) is 107 Å². The highest BCUT2D eigenvalue weighted by Gasteiger charge is 2.19. The Kier molecular flexibility index (Phi) is 4.33. The molecule has 5 rings (SSSR count). The second kappa shape index (κ2) is 7.14. The van der Waals surface area contributed by atoms with E-state index in [2.05, 4.69) is 109 Å². The molecule has 0 spiro atoms. The van der Waals surface area contributed by atoms with E-state index in [1.54, 1.807) is 0 Å². The lowest BCUT2D eigenvalue weighted by Crippen LogP contribution is -1.92. The molecule has 0 atom stereocenters. The van der Waals surface area contributed by atoms with E-state index in [-0.39, 0.29) is 0 Å². The van der Waals surface area contributed by atoms with Gasteiger partial charge in [-0.1, -0.05) is 47.5 Å². The summed E-state index contributed by atoms with van der Waals surface area (Å²) < 4.78 is 0. The topological polar surface area (TPSA) is 24.1 Å². The Bertz CT molecular complexity index is 1080. The van der Waals surface area contributed by atoms with Crippen LogP contribution >= 0.6 is 0 Å². The smallest absolute Gasteiger partial charge is 0.0387 e. The predicted molar refractivity (Wildman–Crippen MR) is 124 cm³/mol. The summed E-state index contributed by atoms with van der Waals surface area (Å²) in [5, 5.41) is 7.05. The van der Waals surface area contributed by atoms with Crippen molar-refractivity contribution in [2.75, 3.05) is 10.6 Å². The summed E-state index contributed by atoms with van der Waals surface area (Å²) in [6.45, 7) is 4.22. The number of benzene rings is 4. The van der Waals surface area contributed by atoms with Crippen molar-refractivity contribution < 1.29 is 0 Å². The summed E-state index contributed by atoms with van der Waals surface area (Å²) in [6.07, 6.45) is 0.970. The quantitative estimate of drug-likeness (QED) is 0.342. The van der Waals surface area contributed by atoms with Gasteiger partial charge in [-0.05, 0) is 91.1 Å². The fourth-order valence-corrected chi connectivity index (χ4v) is 3.97. The molecular weight excluding hydrogens is 352 g/mol. The van der Waals surface area contributed by atoms with Crippen molar-refractivity contribution in [3.63, 3.8) is 0 Å². The van der Waals surface area contributed by atoms with Gasteiger partial charge in [-0.3, -0.25) is 0 Å². The van der Waals surface area contributed by atoms with E-state index in [1.807, 2.05) is 0 Å². The number of hydrogen-bond donors (Lipinski definition) is 2. The number of hydrogen-bond acceptors (Lipinski definition) is 2. The lowest BCUT2D eigenvalue weighted by atomic mass is 10.0. The lowest BCUT2D eigenvalue weighted by Gasteiger charge is -2.10. The van der Waals surface area contributed by atoms with Crippen LogP contribution in [0.5, 0.6) is 0 Å². The largest absolute Gasteiger partial charge is 0.356 e. The van der Waals surface area contributed by atoms with Gasteiger partial charge >= 0.3 is 0 Å². The molecule has 0 saturated heterocycles. The molecule has 0 bridgehead atoms. The molecule has 1 aliphatic carbocycles. The summed E-state index contributed by atoms with van der Waals surface area (Å²) in [5.74, 6) is 0. The van der Waals surface area contributed by atoms with Gasteiger partial charge in [-0.15, -0.1) is 0 Å². The SMILES string of the molecule is Cc1ccc(Nc2ccc3c(c2)Cc2cc(Nc4ccc(C)cc4)ccc2-3)cc1. The summed E-state index contributed by atoms with van der Waals surface area (Å²) in [4.78, 5) is 0. The van der Waals surface area contributed by atoms with E-state index >= 15 is 0 Å². The molecule has 2 N–H and O–H groups in total. The third kappa shape index (κ3) is 3.62. The number of anilines is 4. The third-order valence-corrected chi connectivity index (χ3v) is 5.56. The number of rotatable bonds is 4. The van der Waals surface area contributed by atoms with Crippen LogP contribution in [-0.2, 0) is 6.42 Å². The van der Waals surface area contributed by atoms with E-state index in [0.29, 0.717) is 0 Å². The van der Waals surface area contributed by atoms with Gasteiger partial charge in [0.2, 0.25) is 0 Å². The van der Waals surface area contributed by atoms with Gasteiger partial charge in [0, 0.05) is 22.7 Å². The molecule has 4 aromatic rings. The molecule has 142 valence electrons. The Morgan fingerprint density at radius 1 is 0.483 bits per heavy atom. The number of aryl methyl sites for hydroxylation is 2. The average molecular weight is 377 g/mol. The van der Waals surface area contributed by atoms with Gasteiger partial charge in [0.1, 0.15) is 0 Å². The van der Waals surface area contributed by atoms with Crippen LogP contribution in [0.3, 0.4) is 0 Å². The van der Waals surface area contributed by atoms with E-state index in [0.717, 1.165) is 29.2 Å². The summed E-state index contributed by atoms with van der Waals surface area (Å²) >= 11 is 0. The molecule has 0 saturated carbocycles. The Balaban J connectivity index is 1.37. The van der Waals surface area contributed by atoms with Gasteiger partial charge < -0.3 is 10.6 Å². The highest BCUT2D eigenvalue weighted by molar-refractivity contribution is 5.81. The molecule has 0 amide bonds.